The highest BCUT2D eigenvalue weighted by molar-refractivity contribution is 7.99. The molecule has 0 aliphatic carbocycles. The van der Waals surface area contributed by atoms with Crippen LogP contribution in [0.4, 0.5) is 0 Å². The van der Waals surface area contributed by atoms with E-state index < -0.39 is 13.3 Å². The van der Waals surface area contributed by atoms with Gasteiger partial charge in [-0.05, 0) is 24.3 Å². The van der Waals surface area contributed by atoms with Crippen LogP contribution < -0.4 is 9.79 Å². The average Bonchev–Trinajstić information content (AvgIpc) is 2.73. The van der Waals surface area contributed by atoms with Crippen LogP contribution in [-0.4, -0.2) is 62.5 Å². The zero-order chi connectivity index (χ0) is 25.0. The molecule has 33 heavy (non-hydrogen) atoms. The number of hydrogen-bond acceptors (Lipinski definition) is 5. The van der Waals surface area contributed by atoms with Crippen molar-refractivity contribution in [3.05, 3.63) is 0 Å². The van der Waals surface area contributed by atoms with Gasteiger partial charge < -0.3 is 23.6 Å². The third-order valence-corrected chi connectivity index (χ3v) is 8.94. The Morgan fingerprint density at radius 1 is 0.818 bits per heavy atom. The molecular weight excluding hydrogens is 453 g/mol. The minimum absolute atomic E-state index is 0.171. The summed E-state index contributed by atoms with van der Waals surface area (Å²) in [7, 11) is 3.05. The van der Waals surface area contributed by atoms with Crippen LogP contribution in [0, 0.1) is 0 Å². The van der Waals surface area contributed by atoms with Crippen molar-refractivity contribution in [3.63, 3.8) is 0 Å². The number of ether oxygens (including phenoxy) is 1. The van der Waals surface area contributed by atoms with Crippen LogP contribution in [-0.2, 0) is 9.30 Å². The molecule has 0 amide bonds. The molecule has 0 rings (SSSR count). The van der Waals surface area contributed by atoms with E-state index >= 15 is 0 Å². The van der Waals surface area contributed by atoms with Crippen molar-refractivity contribution in [1.82, 2.24) is 0 Å². The molecule has 0 aromatic rings. The van der Waals surface area contributed by atoms with Crippen LogP contribution in [0.2, 0.25) is 0 Å². The molecule has 0 aromatic heterocycles. The van der Waals surface area contributed by atoms with Crippen molar-refractivity contribution in [2.45, 2.75) is 121 Å². The highest BCUT2D eigenvalue weighted by Crippen LogP contribution is 2.38. The van der Waals surface area contributed by atoms with Crippen molar-refractivity contribution in [1.29, 1.82) is 0 Å². The van der Waals surface area contributed by atoms with Crippen molar-refractivity contribution in [2.75, 3.05) is 46.3 Å². The lowest BCUT2D eigenvalue weighted by Gasteiger charge is -2.41. The van der Waals surface area contributed by atoms with Gasteiger partial charge in [-0.3, -0.25) is 0 Å². The number of nitrogens with zero attached hydrogens (tertiary/aromatic N) is 1. The fourth-order valence-electron chi connectivity index (χ4n) is 4.09. The van der Waals surface area contributed by atoms with E-state index in [0.717, 1.165) is 11.5 Å². The lowest BCUT2D eigenvalue weighted by Crippen LogP contribution is -2.39. The average molecular weight is 509 g/mol. The van der Waals surface area contributed by atoms with Crippen LogP contribution in [0.1, 0.15) is 110 Å². The summed E-state index contributed by atoms with van der Waals surface area (Å²) in [6.07, 6.45) is 19.6. The molecule has 7 heteroatoms. The second-order valence-corrected chi connectivity index (χ2v) is 13.7. The number of methoxy groups -OCH3 is 1. The molecule has 0 saturated carbocycles. The van der Waals surface area contributed by atoms with Crippen LogP contribution in [0.3, 0.4) is 0 Å². The summed E-state index contributed by atoms with van der Waals surface area (Å²) in [4.78, 5) is 23.5. The molecular formula is C26H55NO4PS-. The molecule has 0 heterocycles. The lowest BCUT2D eigenvalue weighted by atomic mass is 10.0. The first kappa shape index (κ1) is 33.4. The zero-order valence-corrected chi connectivity index (χ0v) is 24.2. The van der Waals surface area contributed by atoms with E-state index in [2.05, 4.69) is 6.92 Å². The molecule has 0 aliphatic rings. The molecule has 2 unspecified atom stereocenters. The van der Waals surface area contributed by atoms with Crippen molar-refractivity contribution in [3.8, 4) is 0 Å². The van der Waals surface area contributed by atoms with E-state index in [1.807, 2.05) is 32.9 Å². The van der Waals surface area contributed by atoms with Gasteiger partial charge in [-0.25, -0.2) is 0 Å². The molecule has 0 aromatic carbocycles. The summed E-state index contributed by atoms with van der Waals surface area (Å²) in [5.41, 5.74) is -0.832. The van der Waals surface area contributed by atoms with Gasteiger partial charge in [-0.1, -0.05) is 98.0 Å². The van der Waals surface area contributed by atoms with Crippen molar-refractivity contribution in [2.24, 2.45) is 0 Å². The molecule has 0 N–H and O–H groups in total. The quantitative estimate of drug-likeness (QED) is 0.0910. The Labute approximate surface area is 210 Å². The first-order valence-electron chi connectivity index (χ1n) is 13.5. The fourth-order valence-corrected chi connectivity index (χ4v) is 6.13. The van der Waals surface area contributed by atoms with Gasteiger partial charge in [0.25, 0.3) is 0 Å². The monoisotopic (exact) mass is 508 g/mol. The number of hydrogen-bond donors (Lipinski definition) is 0. The maximum atomic E-state index is 11.7. The van der Waals surface area contributed by atoms with Gasteiger partial charge in [0.2, 0.25) is 0 Å². The van der Waals surface area contributed by atoms with Gasteiger partial charge in [0, 0.05) is 19.3 Å². The molecule has 5 nitrogen and oxygen atoms in total. The molecule has 2 atom stereocenters. The molecule has 0 radical (unpaired) electrons. The van der Waals surface area contributed by atoms with Gasteiger partial charge in [0.1, 0.15) is 0 Å². The predicted octanol–water partition coefficient (Wildman–Crippen LogP) is 5.98. The number of rotatable bonds is 24. The SMILES string of the molecule is CCCCCCCCCCCCCCCCSCC(CC(CC[N+](C)(C)C)P(=O)([O-])[O-])OC. The summed E-state index contributed by atoms with van der Waals surface area (Å²) in [5, 5.41) is 0. The summed E-state index contributed by atoms with van der Waals surface area (Å²) >= 11 is 1.82. The third kappa shape index (κ3) is 22.6. The molecule has 0 aliphatic heterocycles. The van der Waals surface area contributed by atoms with Gasteiger partial charge in [-0.2, -0.15) is 11.8 Å². The van der Waals surface area contributed by atoms with E-state index in [-0.39, 0.29) is 6.10 Å². The number of quaternary nitrogens is 1. The Bertz CT molecular complexity index is 481. The van der Waals surface area contributed by atoms with E-state index in [9.17, 15) is 14.4 Å². The van der Waals surface area contributed by atoms with Gasteiger partial charge >= 0.3 is 0 Å². The second kappa shape index (κ2) is 20.6. The van der Waals surface area contributed by atoms with E-state index in [1.54, 1.807) is 7.11 Å². The Balaban J connectivity index is 3.73. The van der Waals surface area contributed by atoms with Crippen molar-refractivity contribution >= 4 is 19.4 Å². The van der Waals surface area contributed by atoms with Crippen LogP contribution in [0.5, 0.6) is 0 Å². The summed E-state index contributed by atoms with van der Waals surface area (Å²) in [6.45, 7) is 2.94. The maximum absolute atomic E-state index is 11.7. The number of unbranched alkanes of at least 4 members (excludes halogenated alkanes) is 13. The fraction of sp³-hybridized carbons (Fsp3) is 1.00. The maximum Gasteiger partial charge on any atom is 0.0786 e. The van der Waals surface area contributed by atoms with E-state index in [1.165, 1.54) is 89.9 Å². The third-order valence-electron chi connectivity index (χ3n) is 6.39. The van der Waals surface area contributed by atoms with Crippen LogP contribution in [0.15, 0.2) is 0 Å². The Kier molecular flexibility index (Phi) is 20.9. The smallest absolute Gasteiger partial charge is 0.0786 e. The number of thioether (sulfide) groups is 1. The minimum Gasteiger partial charge on any atom is -0.811 e. The standard InChI is InChI=1S/C26H56NO4PS/c1-6-7-8-9-10-11-12-13-14-15-16-17-18-19-22-33-24-25(31-5)23-26(32(28,29)30)20-21-27(2,3)4/h25-26H,6-24H2,1-5H3,(H-,28,29,30)/p-1. The normalized spacial score (nSPS) is 14.5. The molecule has 0 spiro atoms. The first-order chi connectivity index (χ1) is 15.6. The summed E-state index contributed by atoms with van der Waals surface area (Å²) < 4.78 is 17.9. The highest BCUT2D eigenvalue weighted by Gasteiger charge is 2.22. The molecule has 0 saturated heterocycles. The largest absolute Gasteiger partial charge is 0.811 e. The van der Waals surface area contributed by atoms with E-state index in [0.29, 0.717) is 23.9 Å². The van der Waals surface area contributed by atoms with Gasteiger partial charge in [0.15, 0.2) is 0 Å². The predicted molar refractivity (Wildman–Crippen MR) is 142 cm³/mol. The van der Waals surface area contributed by atoms with Crippen LogP contribution >= 0.6 is 19.4 Å². The minimum atomic E-state index is -4.60. The van der Waals surface area contributed by atoms with Crippen molar-refractivity contribution < 1.29 is 23.6 Å². The molecule has 0 fully saturated rings. The summed E-state index contributed by atoms with van der Waals surface area (Å²) in [6, 6.07) is 0. The molecule has 0 bridgehead atoms. The van der Waals surface area contributed by atoms with E-state index in [4.69, 9.17) is 4.74 Å². The van der Waals surface area contributed by atoms with Crippen LogP contribution in [0.25, 0.3) is 0 Å². The second-order valence-electron chi connectivity index (χ2n) is 10.8. The first-order valence-corrected chi connectivity index (χ1v) is 16.3. The topological polar surface area (TPSA) is 72.4 Å². The Morgan fingerprint density at radius 3 is 1.67 bits per heavy atom. The lowest BCUT2D eigenvalue weighted by molar-refractivity contribution is -0.870. The zero-order valence-electron chi connectivity index (χ0n) is 22.5. The van der Waals surface area contributed by atoms with Gasteiger partial charge in [0.05, 0.1) is 33.8 Å². The van der Waals surface area contributed by atoms with Gasteiger partial charge in [-0.15, -0.1) is 0 Å². The molecule has 200 valence electrons. The summed E-state index contributed by atoms with van der Waals surface area (Å²) in [5.74, 6) is 1.84. The Morgan fingerprint density at radius 2 is 1.27 bits per heavy atom. The Hall–Kier alpha value is 0.420. The highest BCUT2D eigenvalue weighted by atomic mass is 32.2.